The monoisotopic (exact) mass is 286 g/mol. The highest BCUT2D eigenvalue weighted by molar-refractivity contribution is 5.20. The van der Waals surface area contributed by atoms with Crippen LogP contribution in [0, 0.1) is 6.92 Å². The minimum absolute atomic E-state index is 0.184. The van der Waals surface area contributed by atoms with Crippen molar-refractivity contribution in [1.29, 1.82) is 0 Å². The van der Waals surface area contributed by atoms with Crippen molar-refractivity contribution in [2.45, 2.75) is 66.1 Å². The van der Waals surface area contributed by atoms with Crippen molar-refractivity contribution in [3.05, 3.63) is 59.2 Å². The summed E-state index contributed by atoms with van der Waals surface area (Å²) < 4.78 is 6.12. The van der Waals surface area contributed by atoms with E-state index in [0.717, 1.165) is 25.7 Å². The molecule has 0 aliphatic rings. The second kappa shape index (κ2) is 10.4. The van der Waals surface area contributed by atoms with Gasteiger partial charge >= 0.3 is 0 Å². The number of benzene rings is 1. The van der Waals surface area contributed by atoms with E-state index >= 15 is 0 Å². The van der Waals surface area contributed by atoms with Gasteiger partial charge < -0.3 is 4.74 Å². The van der Waals surface area contributed by atoms with Gasteiger partial charge in [0.25, 0.3) is 0 Å². The van der Waals surface area contributed by atoms with Gasteiger partial charge in [0.15, 0.2) is 0 Å². The first kappa shape index (κ1) is 17.7. The molecule has 0 saturated carbocycles. The summed E-state index contributed by atoms with van der Waals surface area (Å²) in [5.41, 5.74) is 4.03. The van der Waals surface area contributed by atoms with E-state index in [1.165, 1.54) is 16.7 Å². The predicted molar refractivity (Wildman–Crippen MR) is 92.5 cm³/mol. The number of rotatable bonds is 9. The van der Waals surface area contributed by atoms with Crippen LogP contribution in [0.5, 0.6) is 0 Å². The molecule has 1 rings (SSSR count). The van der Waals surface area contributed by atoms with Gasteiger partial charge in [0.2, 0.25) is 0 Å². The molecule has 21 heavy (non-hydrogen) atoms. The van der Waals surface area contributed by atoms with Gasteiger partial charge in [-0.15, -0.1) is 0 Å². The van der Waals surface area contributed by atoms with Crippen molar-refractivity contribution >= 4 is 0 Å². The third-order valence-electron chi connectivity index (χ3n) is 3.58. The average Bonchev–Trinajstić information content (AvgIpc) is 2.50. The van der Waals surface area contributed by atoms with Crippen LogP contribution in [0.4, 0.5) is 0 Å². The highest BCUT2D eigenvalue weighted by Gasteiger charge is 2.08. The van der Waals surface area contributed by atoms with E-state index in [0.29, 0.717) is 6.61 Å². The predicted octanol–water partition coefficient (Wildman–Crippen LogP) is 5.98. The molecule has 0 fully saturated rings. The summed E-state index contributed by atoms with van der Waals surface area (Å²) in [4.78, 5) is 0. The number of ether oxygens (including phenoxy) is 1. The molecule has 0 radical (unpaired) electrons. The van der Waals surface area contributed by atoms with Gasteiger partial charge in [-0.1, -0.05) is 74.4 Å². The Labute approximate surface area is 130 Å². The van der Waals surface area contributed by atoms with Crippen molar-refractivity contribution in [1.82, 2.24) is 0 Å². The summed E-state index contributed by atoms with van der Waals surface area (Å²) in [5.74, 6) is 0. The van der Waals surface area contributed by atoms with E-state index in [4.69, 9.17) is 4.74 Å². The second-order valence-electron chi connectivity index (χ2n) is 5.50. The molecule has 0 spiro atoms. The first-order valence-electron chi connectivity index (χ1n) is 8.21. The van der Waals surface area contributed by atoms with E-state index in [-0.39, 0.29) is 6.10 Å². The molecule has 0 aromatic heterocycles. The number of allylic oxidation sites excluding steroid dienone is 2. The topological polar surface area (TPSA) is 9.23 Å². The van der Waals surface area contributed by atoms with Gasteiger partial charge in [0, 0.05) is 0 Å². The summed E-state index contributed by atoms with van der Waals surface area (Å²) >= 11 is 0. The standard InChI is InChI=1S/C20H30O/c1-5-8-10-20(15-18(7-3)9-6-2)21-16-19-13-11-17(4)12-14-19/h8-14,20H,5-7,15-16H2,1-4H3. The van der Waals surface area contributed by atoms with E-state index in [9.17, 15) is 0 Å². The van der Waals surface area contributed by atoms with E-state index in [1.54, 1.807) is 0 Å². The molecule has 0 heterocycles. The van der Waals surface area contributed by atoms with Crippen LogP contribution < -0.4 is 0 Å². The maximum absolute atomic E-state index is 6.12. The van der Waals surface area contributed by atoms with E-state index < -0.39 is 0 Å². The summed E-state index contributed by atoms with van der Waals surface area (Å²) in [5, 5.41) is 0. The fourth-order valence-electron chi connectivity index (χ4n) is 2.28. The third-order valence-corrected chi connectivity index (χ3v) is 3.58. The number of hydrogen-bond donors (Lipinski definition) is 0. The second-order valence-corrected chi connectivity index (χ2v) is 5.50. The van der Waals surface area contributed by atoms with Crippen LogP contribution in [-0.2, 0) is 11.3 Å². The van der Waals surface area contributed by atoms with Gasteiger partial charge in [0.1, 0.15) is 0 Å². The molecule has 1 aromatic carbocycles. The average molecular weight is 286 g/mol. The minimum Gasteiger partial charge on any atom is -0.369 e. The Bertz CT molecular complexity index is 439. The molecule has 0 N–H and O–H groups in total. The van der Waals surface area contributed by atoms with E-state index in [1.807, 2.05) is 0 Å². The number of aryl methyl sites for hydroxylation is 1. The molecule has 0 bridgehead atoms. The van der Waals surface area contributed by atoms with Crippen LogP contribution >= 0.6 is 0 Å². The molecule has 0 aliphatic carbocycles. The third kappa shape index (κ3) is 7.29. The highest BCUT2D eigenvalue weighted by atomic mass is 16.5. The van der Waals surface area contributed by atoms with Gasteiger partial charge in [0.05, 0.1) is 12.7 Å². The minimum atomic E-state index is 0.184. The molecular formula is C20H30O. The largest absolute Gasteiger partial charge is 0.369 e. The van der Waals surface area contributed by atoms with Crippen molar-refractivity contribution in [3.63, 3.8) is 0 Å². The van der Waals surface area contributed by atoms with Crippen LogP contribution in [0.15, 0.2) is 48.1 Å². The Morgan fingerprint density at radius 2 is 1.81 bits per heavy atom. The molecular weight excluding hydrogens is 256 g/mol. The summed E-state index contributed by atoms with van der Waals surface area (Å²) in [7, 11) is 0. The van der Waals surface area contributed by atoms with Crippen LogP contribution in [-0.4, -0.2) is 6.10 Å². The Morgan fingerprint density at radius 1 is 1.10 bits per heavy atom. The Morgan fingerprint density at radius 3 is 2.38 bits per heavy atom. The first-order chi connectivity index (χ1) is 10.2. The van der Waals surface area contributed by atoms with Gasteiger partial charge in [-0.25, -0.2) is 0 Å². The first-order valence-corrected chi connectivity index (χ1v) is 8.21. The van der Waals surface area contributed by atoms with Crippen LogP contribution in [0.1, 0.15) is 57.6 Å². The van der Waals surface area contributed by atoms with Crippen molar-refractivity contribution < 1.29 is 4.74 Å². The molecule has 0 amide bonds. The molecule has 1 unspecified atom stereocenters. The highest BCUT2D eigenvalue weighted by Crippen LogP contribution is 2.16. The lowest BCUT2D eigenvalue weighted by molar-refractivity contribution is 0.0717. The molecule has 1 heteroatoms. The summed E-state index contributed by atoms with van der Waals surface area (Å²) in [6, 6.07) is 8.59. The lowest BCUT2D eigenvalue weighted by Crippen LogP contribution is -2.11. The fraction of sp³-hybridized carbons (Fsp3) is 0.500. The lowest BCUT2D eigenvalue weighted by atomic mass is 10.0. The molecule has 116 valence electrons. The van der Waals surface area contributed by atoms with Crippen LogP contribution in [0.25, 0.3) is 0 Å². The normalized spacial score (nSPS) is 13.8. The van der Waals surface area contributed by atoms with Gasteiger partial charge in [-0.2, -0.15) is 0 Å². The Kier molecular flexibility index (Phi) is 8.77. The Hall–Kier alpha value is -1.34. The molecule has 1 atom stereocenters. The molecule has 1 nitrogen and oxygen atoms in total. The van der Waals surface area contributed by atoms with Crippen LogP contribution in [0.3, 0.4) is 0 Å². The van der Waals surface area contributed by atoms with Gasteiger partial charge in [-0.05, 0) is 38.2 Å². The zero-order chi connectivity index (χ0) is 15.5. The maximum atomic E-state index is 6.12. The summed E-state index contributed by atoms with van der Waals surface area (Å²) in [6.07, 6.45) is 11.2. The van der Waals surface area contributed by atoms with E-state index in [2.05, 4.69) is 70.2 Å². The smallest absolute Gasteiger partial charge is 0.0797 e. The maximum Gasteiger partial charge on any atom is 0.0797 e. The number of hydrogen-bond acceptors (Lipinski definition) is 1. The quantitative estimate of drug-likeness (QED) is 0.507. The molecule has 0 saturated heterocycles. The Balaban J connectivity index is 2.62. The zero-order valence-corrected chi connectivity index (χ0v) is 14.1. The zero-order valence-electron chi connectivity index (χ0n) is 14.1. The fourth-order valence-corrected chi connectivity index (χ4v) is 2.28. The van der Waals surface area contributed by atoms with Gasteiger partial charge in [-0.3, -0.25) is 0 Å². The van der Waals surface area contributed by atoms with Crippen molar-refractivity contribution in [3.8, 4) is 0 Å². The molecule has 1 aromatic rings. The lowest BCUT2D eigenvalue weighted by Gasteiger charge is -2.16. The SMILES string of the molecule is CCC=CC(CC(=CCC)CC)OCc1ccc(C)cc1. The van der Waals surface area contributed by atoms with Crippen molar-refractivity contribution in [2.75, 3.05) is 0 Å². The van der Waals surface area contributed by atoms with Crippen molar-refractivity contribution in [2.24, 2.45) is 0 Å². The summed E-state index contributed by atoms with van der Waals surface area (Å²) in [6.45, 7) is 9.38. The van der Waals surface area contributed by atoms with Crippen LogP contribution in [0.2, 0.25) is 0 Å². The molecule has 0 aliphatic heterocycles.